The lowest BCUT2D eigenvalue weighted by Crippen LogP contribution is -2.13. The van der Waals surface area contributed by atoms with Crippen molar-refractivity contribution < 1.29 is 13.9 Å². The van der Waals surface area contributed by atoms with Crippen molar-refractivity contribution in [3.8, 4) is 11.4 Å². The first kappa shape index (κ1) is 19.6. The Morgan fingerprint density at radius 3 is 2.60 bits per heavy atom. The van der Waals surface area contributed by atoms with E-state index in [1.54, 1.807) is 47.1 Å². The van der Waals surface area contributed by atoms with Crippen LogP contribution >= 0.6 is 0 Å². The second-order valence-corrected chi connectivity index (χ2v) is 6.90. The topological polar surface area (TPSA) is 69.0 Å². The molecule has 1 N–H and O–H groups in total. The maximum Gasteiger partial charge on any atom is 0.256 e. The zero-order chi connectivity index (χ0) is 21.3. The highest BCUT2D eigenvalue weighted by Crippen LogP contribution is 2.26. The van der Waals surface area contributed by atoms with Crippen LogP contribution in [0.15, 0.2) is 54.6 Å². The van der Waals surface area contributed by atoms with Gasteiger partial charge in [0.05, 0.1) is 28.9 Å². The molecule has 0 bridgehead atoms. The van der Waals surface area contributed by atoms with Gasteiger partial charge >= 0.3 is 0 Å². The Morgan fingerprint density at radius 1 is 1.13 bits per heavy atom. The number of hydrogen-bond acceptors (Lipinski definition) is 4. The van der Waals surface area contributed by atoms with Gasteiger partial charge in [-0.15, -0.1) is 0 Å². The Bertz CT molecular complexity index is 1230. The van der Waals surface area contributed by atoms with Crippen LogP contribution in [0.1, 0.15) is 28.7 Å². The van der Waals surface area contributed by atoms with Gasteiger partial charge in [0, 0.05) is 11.4 Å². The van der Waals surface area contributed by atoms with E-state index in [9.17, 15) is 9.18 Å². The molecule has 0 aliphatic rings. The van der Waals surface area contributed by atoms with Crippen LogP contribution in [0.25, 0.3) is 16.7 Å². The predicted molar refractivity (Wildman–Crippen MR) is 114 cm³/mol. The second-order valence-electron chi connectivity index (χ2n) is 6.90. The van der Waals surface area contributed by atoms with Crippen LogP contribution in [0.3, 0.4) is 0 Å². The van der Waals surface area contributed by atoms with E-state index in [0.29, 0.717) is 46.0 Å². The third kappa shape index (κ3) is 3.74. The Hall–Kier alpha value is -3.74. The van der Waals surface area contributed by atoms with Crippen molar-refractivity contribution in [2.75, 3.05) is 11.9 Å². The highest BCUT2D eigenvalue weighted by Gasteiger charge is 2.20. The fraction of sp³-hybridized carbons (Fsp3) is 0.174. The summed E-state index contributed by atoms with van der Waals surface area (Å²) in [7, 11) is 0. The number of nitrogens with zero attached hydrogens (tertiary/aromatic N) is 3. The summed E-state index contributed by atoms with van der Waals surface area (Å²) in [5, 5.41) is 8.06. The van der Waals surface area contributed by atoms with Gasteiger partial charge in [0.2, 0.25) is 0 Å². The Balaban J connectivity index is 1.74. The molecule has 0 radical (unpaired) electrons. The van der Waals surface area contributed by atoms with Crippen LogP contribution in [0.4, 0.5) is 10.1 Å². The lowest BCUT2D eigenvalue weighted by molar-refractivity contribution is 0.102. The molecule has 152 valence electrons. The second kappa shape index (κ2) is 7.94. The molecule has 6 nitrogen and oxygen atoms in total. The number of carbonyl (C=O) groups excluding carboxylic acids is 1. The predicted octanol–water partition coefficient (Wildman–Crippen LogP) is 4.83. The van der Waals surface area contributed by atoms with E-state index in [2.05, 4.69) is 15.4 Å². The average Bonchev–Trinajstić information content (AvgIpc) is 3.05. The minimum Gasteiger partial charge on any atom is -0.494 e. The van der Waals surface area contributed by atoms with Crippen molar-refractivity contribution in [2.24, 2.45) is 0 Å². The first-order chi connectivity index (χ1) is 14.5. The van der Waals surface area contributed by atoms with Crippen LogP contribution in [0.5, 0.6) is 5.75 Å². The number of amides is 1. The molecule has 0 unspecified atom stereocenters. The largest absolute Gasteiger partial charge is 0.494 e. The summed E-state index contributed by atoms with van der Waals surface area (Å²) in [4.78, 5) is 17.6. The Morgan fingerprint density at radius 2 is 1.90 bits per heavy atom. The molecule has 0 aliphatic carbocycles. The molecule has 0 saturated heterocycles. The summed E-state index contributed by atoms with van der Waals surface area (Å²) in [6.45, 7) is 6.11. The third-order valence-corrected chi connectivity index (χ3v) is 4.66. The molecule has 0 atom stereocenters. The van der Waals surface area contributed by atoms with Crippen LogP contribution in [-0.2, 0) is 0 Å². The quantitative estimate of drug-likeness (QED) is 0.517. The fourth-order valence-corrected chi connectivity index (χ4v) is 3.38. The Labute approximate surface area is 173 Å². The molecule has 4 rings (SSSR count). The zero-order valence-electron chi connectivity index (χ0n) is 16.9. The number of benzene rings is 2. The van der Waals surface area contributed by atoms with Gasteiger partial charge in [-0.2, -0.15) is 5.10 Å². The van der Waals surface area contributed by atoms with Gasteiger partial charge in [-0.25, -0.2) is 14.1 Å². The van der Waals surface area contributed by atoms with E-state index in [4.69, 9.17) is 4.74 Å². The van der Waals surface area contributed by atoms with Crippen molar-refractivity contribution in [1.29, 1.82) is 0 Å². The van der Waals surface area contributed by atoms with E-state index >= 15 is 0 Å². The summed E-state index contributed by atoms with van der Waals surface area (Å²) in [5.74, 6) is 0.108. The zero-order valence-corrected chi connectivity index (χ0v) is 16.9. The van der Waals surface area contributed by atoms with Crippen LogP contribution in [-0.4, -0.2) is 27.3 Å². The van der Waals surface area contributed by atoms with Gasteiger partial charge in [-0.1, -0.05) is 6.07 Å². The molecule has 30 heavy (non-hydrogen) atoms. The van der Waals surface area contributed by atoms with Crippen molar-refractivity contribution in [1.82, 2.24) is 14.8 Å². The highest BCUT2D eigenvalue weighted by molar-refractivity contribution is 6.12. The van der Waals surface area contributed by atoms with Crippen LogP contribution < -0.4 is 10.1 Å². The van der Waals surface area contributed by atoms with Gasteiger partial charge in [-0.3, -0.25) is 4.79 Å². The van der Waals surface area contributed by atoms with Gasteiger partial charge in [0.15, 0.2) is 5.65 Å². The summed E-state index contributed by atoms with van der Waals surface area (Å²) in [6, 6.07) is 15.0. The average molecular weight is 404 g/mol. The summed E-state index contributed by atoms with van der Waals surface area (Å²) in [6.07, 6.45) is 0. The monoisotopic (exact) mass is 404 g/mol. The number of halogens is 1. The Kier molecular flexibility index (Phi) is 5.18. The van der Waals surface area contributed by atoms with Crippen molar-refractivity contribution in [3.63, 3.8) is 0 Å². The molecule has 0 aliphatic heterocycles. The molecular weight excluding hydrogens is 383 g/mol. The molecule has 7 heteroatoms. The molecule has 0 fully saturated rings. The van der Waals surface area contributed by atoms with Gasteiger partial charge in [0.25, 0.3) is 5.91 Å². The SMILES string of the molecule is CCOc1ccc(NC(=O)c2cc(C)nc3c2c(C)nn3-c2cccc(F)c2)cc1. The number of aryl methyl sites for hydroxylation is 2. The van der Waals surface area contributed by atoms with E-state index in [1.807, 2.05) is 20.8 Å². The highest BCUT2D eigenvalue weighted by atomic mass is 19.1. The molecule has 0 saturated carbocycles. The number of pyridine rings is 1. The number of rotatable bonds is 5. The molecule has 1 amide bonds. The van der Waals surface area contributed by atoms with Crippen LogP contribution in [0, 0.1) is 19.7 Å². The smallest absolute Gasteiger partial charge is 0.256 e. The number of aromatic nitrogens is 3. The van der Waals surface area contributed by atoms with Crippen molar-refractivity contribution in [3.05, 3.63) is 77.4 Å². The first-order valence-corrected chi connectivity index (χ1v) is 9.63. The van der Waals surface area contributed by atoms with Gasteiger partial charge in [0.1, 0.15) is 11.6 Å². The summed E-state index contributed by atoms with van der Waals surface area (Å²) in [5.41, 5.74) is 3.47. The first-order valence-electron chi connectivity index (χ1n) is 9.63. The molecular formula is C23H21FN4O2. The lowest BCUT2D eigenvalue weighted by atomic mass is 10.1. The fourth-order valence-electron chi connectivity index (χ4n) is 3.38. The summed E-state index contributed by atoms with van der Waals surface area (Å²) >= 11 is 0. The minimum absolute atomic E-state index is 0.267. The maximum atomic E-state index is 13.7. The maximum absolute atomic E-state index is 13.7. The molecule has 2 heterocycles. The standard InChI is InChI=1S/C23H21FN4O2/c1-4-30-19-10-8-17(9-11-19)26-23(29)20-12-14(2)25-22-21(20)15(3)27-28(22)18-7-5-6-16(24)13-18/h5-13H,4H2,1-3H3,(H,26,29). The van der Waals surface area contributed by atoms with E-state index in [0.717, 1.165) is 5.75 Å². The van der Waals surface area contributed by atoms with Crippen LogP contribution in [0.2, 0.25) is 0 Å². The van der Waals surface area contributed by atoms with E-state index in [1.165, 1.54) is 12.1 Å². The van der Waals surface area contributed by atoms with Crippen molar-refractivity contribution >= 4 is 22.6 Å². The minimum atomic E-state index is -0.366. The lowest BCUT2D eigenvalue weighted by Gasteiger charge is -2.09. The molecule has 2 aromatic heterocycles. The molecule has 4 aromatic rings. The van der Waals surface area contributed by atoms with Gasteiger partial charge in [-0.05, 0) is 69.3 Å². The van der Waals surface area contributed by atoms with E-state index < -0.39 is 0 Å². The summed E-state index contributed by atoms with van der Waals surface area (Å²) < 4.78 is 20.7. The number of ether oxygens (including phenoxy) is 1. The third-order valence-electron chi connectivity index (χ3n) is 4.66. The normalized spacial score (nSPS) is 10.9. The molecule has 2 aromatic carbocycles. The number of anilines is 1. The van der Waals surface area contributed by atoms with Crippen molar-refractivity contribution in [2.45, 2.75) is 20.8 Å². The molecule has 0 spiro atoms. The van der Waals surface area contributed by atoms with E-state index in [-0.39, 0.29) is 11.7 Å². The number of fused-ring (bicyclic) bond motifs is 1. The number of carbonyl (C=O) groups is 1. The number of nitrogens with one attached hydrogen (secondary N) is 1. The van der Waals surface area contributed by atoms with Gasteiger partial charge < -0.3 is 10.1 Å². The number of hydrogen-bond donors (Lipinski definition) is 1.